The van der Waals surface area contributed by atoms with Gasteiger partial charge in [0.25, 0.3) is 0 Å². The lowest BCUT2D eigenvalue weighted by molar-refractivity contribution is 0.582. The first-order chi connectivity index (χ1) is 13.4. The molecule has 1 atom stereocenters. The monoisotopic (exact) mass is 347 g/mol. The molecule has 5 rings (SSSR count). The van der Waals surface area contributed by atoms with Crippen LogP contribution < -0.4 is 0 Å². The maximum Gasteiger partial charge on any atom is 0.0864 e. The van der Waals surface area contributed by atoms with E-state index in [2.05, 4.69) is 102 Å². The highest BCUT2D eigenvalue weighted by molar-refractivity contribution is 5.86. The number of aromatic amines is 1. The van der Waals surface area contributed by atoms with Crippen molar-refractivity contribution in [3.05, 3.63) is 108 Å². The van der Waals surface area contributed by atoms with Crippen LogP contribution in [0.4, 0.5) is 0 Å². The third-order valence-corrected chi connectivity index (χ3v) is 5.61. The van der Waals surface area contributed by atoms with Crippen LogP contribution in [0, 0.1) is 17.8 Å². The van der Waals surface area contributed by atoms with Gasteiger partial charge in [0.15, 0.2) is 0 Å². The van der Waals surface area contributed by atoms with Crippen LogP contribution in [0.1, 0.15) is 29.5 Å². The molecule has 0 spiro atoms. The van der Waals surface area contributed by atoms with E-state index in [-0.39, 0.29) is 5.41 Å². The molecule has 1 aromatic heterocycles. The topological polar surface area (TPSA) is 15.8 Å². The maximum atomic E-state index is 3.75. The van der Waals surface area contributed by atoms with Crippen molar-refractivity contribution in [3.63, 3.8) is 0 Å². The van der Waals surface area contributed by atoms with E-state index in [1.54, 1.807) is 0 Å². The van der Waals surface area contributed by atoms with E-state index in [1.807, 2.05) is 6.07 Å². The Labute approximate surface area is 160 Å². The summed E-state index contributed by atoms with van der Waals surface area (Å²) in [5.74, 6) is 7.80. The number of hydrogen-bond acceptors (Lipinski definition) is 0. The number of aromatic nitrogens is 1. The van der Waals surface area contributed by atoms with Crippen molar-refractivity contribution in [1.29, 1.82) is 0 Å². The molecule has 1 aliphatic rings. The van der Waals surface area contributed by atoms with Gasteiger partial charge in [-0.25, -0.2) is 0 Å². The third kappa shape index (κ3) is 2.75. The molecule has 1 N–H and O–H groups in total. The van der Waals surface area contributed by atoms with Crippen molar-refractivity contribution in [1.82, 2.24) is 4.98 Å². The first-order valence-electron chi connectivity index (χ1n) is 9.58. The number of H-pyrrole nitrogens is 1. The van der Waals surface area contributed by atoms with Gasteiger partial charge in [0.2, 0.25) is 0 Å². The number of para-hydroxylation sites is 1. The van der Waals surface area contributed by atoms with Gasteiger partial charge in [-0.15, -0.1) is 0 Å². The number of nitrogens with one attached hydrogen (secondary N) is 1. The zero-order chi connectivity index (χ0) is 18.1. The Morgan fingerprint density at radius 3 is 2.19 bits per heavy atom. The molecular formula is C26H21N. The van der Waals surface area contributed by atoms with Crippen LogP contribution in [0.2, 0.25) is 0 Å². The van der Waals surface area contributed by atoms with Crippen LogP contribution in [0.25, 0.3) is 10.9 Å². The summed E-state index contributed by atoms with van der Waals surface area (Å²) in [4.78, 5) is 3.48. The fourth-order valence-corrected chi connectivity index (χ4v) is 4.16. The minimum atomic E-state index is -0.281. The number of rotatable bonds is 3. The highest BCUT2D eigenvalue weighted by Gasteiger charge is 2.48. The normalized spacial score (nSPS) is 15.7. The van der Waals surface area contributed by atoms with E-state index >= 15 is 0 Å². The third-order valence-electron chi connectivity index (χ3n) is 5.61. The molecular weight excluding hydrogens is 326 g/mol. The molecule has 1 fully saturated rings. The van der Waals surface area contributed by atoms with Gasteiger partial charge in [-0.2, -0.15) is 0 Å². The quantitative estimate of drug-likeness (QED) is 0.443. The van der Waals surface area contributed by atoms with Gasteiger partial charge in [0.1, 0.15) is 0 Å². The molecule has 1 nitrogen and oxygen atoms in total. The zero-order valence-corrected chi connectivity index (χ0v) is 15.2. The van der Waals surface area contributed by atoms with E-state index in [0.29, 0.717) is 5.92 Å². The Kier molecular flexibility index (Phi) is 3.84. The first kappa shape index (κ1) is 16.0. The molecule has 1 unspecified atom stereocenters. The van der Waals surface area contributed by atoms with Crippen LogP contribution in [-0.2, 0) is 5.41 Å². The van der Waals surface area contributed by atoms with Crippen molar-refractivity contribution >= 4 is 10.9 Å². The van der Waals surface area contributed by atoms with E-state index in [9.17, 15) is 0 Å². The lowest BCUT2D eigenvalue weighted by Crippen LogP contribution is -2.28. The molecule has 1 heterocycles. The Morgan fingerprint density at radius 1 is 0.778 bits per heavy atom. The van der Waals surface area contributed by atoms with Crippen molar-refractivity contribution in [2.45, 2.75) is 18.3 Å². The highest BCUT2D eigenvalue weighted by Crippen LogP contribution is 2.52. The average molecular weight is 347 g/mol. The zero-order valence-electron chi connectivity index (χ0n) is 15.2. The van der Waals surface area contributed by atoms with Crippen LogP contribution >= 0.6 is 0 Å². The molecule has 3 aromatic carbocycles. The molecule has 1 heteroatoms. The van der Waals surface area contributed by atoms with E-state index in [0.717, 1.165) is 5.56 Å². The van der Waals surface area contributed by atoms with Crippen LogP contribution in [0.3, 0.4) is 0 Å². The Morgan fingerprint density at radius 2 is 1.44 bits per heavy atom. The van der Waals surface area contributed by atoms with Crippen LogP contribution in [-0.4, -0.2) is 4.98 Å². The minimum absolute atomic E-state index is 0.281. The number of benzene rings is 3. The lowest BCUT2D eigenvalue weighted by Gasteiger charge is -2.29. The van der Waals surface area contributed by atoms with Gasteiger partial charge in [0, 0.05) is 28.2 Å². The van der Waals surface area contributed by atoms with Gasteiger partial charge in [-0.3, -0.25) is 0 Å². The minimum Gasteiger partial charge on any atom is -0.361 e. The summed E-state index contributed by atoms with van der Waals surface area (Å²) in [5, 5.41) is 1.27. The van der Waals surface area contributed by atoms with Crippen molar-refractivity contribution in [2.24, 2.45) is 5.92 Å². The van der Waals surface area contributed by atoms with E-state index in [1.165, 1.54) is 34.9 Å². The van der Waals surface area contributed by atoms with Crippen LogP contribution in [0.5, 0.6) is 0 Å². The summed E-state index contributed by atoms with van der Waals surface area (Å²) >= 11 is 0. The average Bonchev–Trinajstić information content (AvgIpc) is 3.50. The standard InChI is InChI=1S/C26H21N/c1-3-9-20(10-4-1)17-18-26(22-15-16-22,21-11-5-2-6-12-21)24-19-27-25-14-8-7-13-23(24)25/h1-14,19,22,27H,15-16H2. The fraction of sp³-hybridized carbons (Fsp3) is 0.154. The predicted octanol–water partition coefficient (Wildman–Crippen LogP) is 5.92. The second-order valence-electron chi connectivity index (χ2n) is 7.31. The lowest BCUT2D eigenvalue weighted by atomic mass is 9.71. The summed E-state index contributed by atoms with van der Waals surface area (Å²) in [6, 6.07) is 29.7. The molecule has 0 radical (unpaired) electrons. The Balaban J connectivity index is 1.78. The molecule has 130 valence electrons. The van der Waals surface area contributed by atoms with Gasteiger partial charge < -0.3 is 4.98 Å². The molecule has 0 aliphatic heterocycles. The largest absolute Gasteiger partial charge is 0.361 e. The molecule has 0 bridgehead atoms. The fourth-order valence-electron chi connectivity index (χ4n) is 4.16. The smallest absolute Gasteiger partial charge is 0.0864 e. The van der Waals surface area contributed by atoms with Crippen molar-refractivity contribution in [2.75, 3.05) is 0 Å². The summed E-state index contributed by atoms with van der Waals surface area (Å²) < 4.78 is 0. The summed E-state index contributed by atoms with van der Waals surface area (Å²) in [5.41, 5.74) is 4.56. The SMILES string of the molecule is C(#CC(c1ccccc1)(c1c[nH]c2ccccc12)C1CC1)c1ccccc1. The summed E-state index contributed by atoms with van der Waals surface area (Å²) in [6.07, 6.45) is 4.62. The van der Waals surface area contributed by atoms with Crippen LogP contribution in [0.15, 0.2) is 91.1 Å². The molecule has 1 saturated carbocycles. The Hall–Kier alpha value is -3.24. The first-order valence-corrected chi connectivity index (χ1v) is 9.58. The highest BCUT2D eigenvalue weighted by atomic mass is 14.7. The summed E-state index contributed by atoms with van der Waals surface area (Å²) in [7, 11) is 0. The Bertz CT molecular complexity index is 1120. The molecule has 1 aliphatic carbocycles. The number of fused-ring (bicyclic) bond motifs is 1. The molecule has 4 aromatic rings. The maximum absolute atomic E-state index is 3.75. The summed E-state index contributed by atoms with van der Waals surface area (Å²) in [6.45, 7) is 0. The van der Waals surface area contributed by atoms with Gasteiger partial charge >= 0.3 is 0 Å². The van der Waals surface area contributed by atoms with E-state index < -0.39 is 0 Å². The van der Waals surface area contributed by atoms with Gasteiger partial charge in [-0.1, -0.05) is 78.6 Å². The second kappa shape index (κ2) is 6.49. The number of hydrogen-bond donors (Lipinski definition) is 1. The van der Waals surface area contributed by atoms with E-state index in [4.69, 9.17) is 0 Å². The van der Waals surface area contributed by atoms with Crippen molar-refractivity contribution in [3.8, 4) is 11.8 Å². The van der Waals surface area contributed by atoms with Gasteiger partial charge in [-0.05, 0) is 42.5 Å². The second-order valence-corrected chi connectivity index (χ2v) is 7.31. The molecule has 27 heavy (non-hydrogen) atoms. The molecule has 0 amide bonds. The predicted molar refractivity (Wildman–Crippen MR) is 112 cm³/mol. The molecule has 0 saturated heterocycles. The van der Waals surface area contributed by atoms with Gasteiger partial charge in [0.05, 0.1) is 5.41 Å². The van der Waals surface area contributed by atoms with Crippen molar-refractivity contribution < 1.29 is 0 Å².